The quantitative estimate of drug-likeness (QED) is 0.740. The van der Waals surface area contributed by atoms with Crippen LogP contribution in [0.5, 0.6) is 5.75 Å². The number of carbonyl (C=O) groups is 1. The molecule has 2 aromatic rings. The largest absolute Gasteiger partial charge is 0.497 e. The van der Waals surface area contributed by atoms with Gasteiger partial charge in [-0.2, -0.15) is 0 Å². The van der Waals surface area contributed by atoms with Gasteiger partial charge in [-0.1, -0.05) is 12.1 Å². The van der Waals surface area contributed by atoms with E-state index in [0.717, 1.165) is 0 Å². The topological polar surface area (TPSA) is 76.4 Å². The highest BCUT2D eigenvalue weighted by Gasteiger charge is 2.03. The van der Waals surface area contributed by atoms with Crippen molar-refractivity contribution in [2.45, 2.75) is 0 Å². The lowest BCUT2D eigenvalue weighted by molar-refractivity contribution is 0.262. The first kappa shape index (κ1) is 12.8. The predicted octanol–water partition coefficient (Wildman–Crippen LogP) is 2.92. The molecule has 0 saturated carbocycles. The number of nitrogen functional groups attached to an aromatic ring is 1. The van der Waals surface area contributed by atoms with E-state index in [1.54, 1.807) is 55.6 Å². The molecule has 0 aromatic heterocycles. The van der Waals surface area contributed by atoms with Crippen molar-refractivity contribution in [3.05, 3.63) is 48.5 Å². The summed E-state index contributed by atoms with van der Waals surface area (Å²) in [5.41, 5.74) is 7.53. The van der Waals surface area contributed by atoms with Gasteiger partial charge in [0.1, 0.15) is 5.75 Å². The Balaban J connectivity index is 2.01. The van der Waals surface area contributed by atoms with Crippen molar-refractivity contribution in [3.8, 4) is 5.75 Å². The van der Waals surface area contributed by atoms with E-state index in [1.807, 2.05) is 0 Å². The van der Waals surface area contributed by atoms with Crippen LogP contribution in [0.15, 0.2) is 48.5 Å². The number of nitrogens with one attached hydrogen (secondary N) is 2. The van der Waals surface area contributed by atoms with Gasteiger partial charge in [0.05, 0.1) is 7.11 Å². The Morgan fingerprint density at radius 1 is 1.05 bits per heavy atom. The molecule has 2 aromatic carbocycles. The Bertz CT molecular complexity index is 584. The first-order valence-corrected chi connectivity index (χ1v) is 5.75. The van der Waals surface area contributed by atoms with Gasteiger partial charge in [0, 0.05) is 23.1 Å². The summed E-state index contributed by atoms with van der Waals surface area (Å²) in [7, 11) is 1.58. The van der Waals surface area contributed by atoms with Crippen LogP contribution in [0.4, 0.5) is 21.9 Å². The van der Waals surface area contributed by atoms with Crippen molar-refractivity contribution in [2.75, 3.05) is 23.5 Å². The number of hydrogen-bond donors (Lipinski definition) is 3. The van der Waals surface area contributed by atoms with Gasteiger partial charge >= 0.3 is 6.03 Å². The van der Waals surface area contributed by atoms with Gasteiger partial charge in [0.15, 0.2) is 0 Å². The van der Waals surface area contributed by atoms with E-state index < -0.39 is 0 Å². The minimum Gasteiger partial charge on any atom is -0.497 e. The molecular formula is C14H15N3O2. The molecule has 0 radical (unpaired) electrons. The molecule has 19 heavy (non-hydrogen) atoms. The van der Waals surface area contributed by atoms with Crippen molar-refractivity contribution >= 4 is 23.1 Å². The highest BCUT2D eigenvalue weighted by molar-refractivity contribution is 6.00. The van der Waals surface area contributed by atoms with Crippen molar-refractivity contribution in [1.82, 2.24) is 0 Å². The lowest BCUT2D eigenvalue weighted by Crippen LogP contribution is -2.19. The zero-order valence-electron chi connectivity index (χ0n) is 10.5. The second kappa shape index (κ2) is 5.77. The highest BCUT2D eigenvalue weighted by atomic mass is 16.5. The van der Waals surface area contributed by atoms with Crippen LogP contribution in [0, 0.1) is 0 Å². The maximum absolute atomic E-state index is 11.8. The van der Waals surface area contributed by atoms with Gasteiger partial charge in [0.2, 0.25) is 0 Å². The lowest BCUT2D eigenvalue weighted by Gasteiger charge is -2.09. The average Bonchev–Trinajstić information content (AvgIpc) is 2.38. The molecular weight excluding hydrogens is 242 g/mol. The third-order valence-electron chi connectivity index (χ3n) is 2.47. The van der Waals surface area contributed by atoms with Crippen LogP contribution < -0.4 is 21.1 Å². The number of nitrogens with two attached hydrogens (primary N) is 1. The van der Waals surface area contributed by atoms with Crippen molar-refractivity contribution in [1.29, 1.82) is 0 Å². The maximum atomic E-state index is 11.8. The first-order chi connectivity index (χ1) is 9.17. The van der Waals surface area contributed by atoms with Crippen LogP contribution in [-0.4, -0.2) is 13.1 Å². The fourth-order valence-electron chi connectivity index (χ4n) is 1.61. The van der Waals surface area contributed by atoms with E-state index in [2.05, 4.69) is 10.6 Å². The van der Waals surface area contributed by atoms with E-state index in [-0.39, 0.29) is 6.03 Å². The monoisotopic (exact) mass is 257 g/mol. The molecule has 98 valence electrons. The van der Waals surface area contributed by atoms with Crippen LogP contribution in [0.3, 0.4) is 0 Å². The molecule has 0 fully saturated rings. The second-order valence-electron chi connectivity index (χ2n) is 3.94. The Morgan fingerprint density at radius 3 is 2.32 bits per heavy atom. The number of carbonyl (C=O) groups excluding carboxylic acids is 1. The van der Waals surface area contributed by atoms with E-state index in [9.17, 15) is 4.79 Å². The summed E-state index contributed by atoms with van der Waals surface area (Å²) in [6.07, 6.45) is 0. The number of anilines is 3. The van der Waals surface area contributed by atoms with E-state index in [1.165, 1.54) is 0 Å². The van der Waals surface area contributed by atoms with Crippen LogP contribution in [0.1, 0.15) is 0 Å². The standard InChI is InChI=1S/C14H15N3O2/c1-19-13-7-3-6-12(9-13)17-14(18)16-11-5-2-4-10(15)8-11/h2-9H,15H2,1H3,(H2,16,17,18). The van der Waals surface area contributed by atoms with Gasteiger partial charge in [0.25, 0.3) is 0 Å². The molecule has 2 amide bonds. The van der Waals surface area contributed by atoms with Gasteiger partial charge in [-0.05, 0) is 30.3 Å². The summed E-state index contributed by atoms with van der Waals surface area (Å²) >= 11 is 0. The number of hydrogen-bond acceptors (Lipinski definition) is 3. The zero-order valence-corrected chi connectivity index (χ0v) is 10.5. The molecule has 0 aliphatic heterocycles. The lowest BCUT2D eigenvalue weighted by atomic mass is 10.3. The van der Waals surface area contributed by atoms with Gasteiger partial charge in [-0.15, -0.1) is 0 Å². The van der Waals surface area contributed by atoms with Crippen LogP contribution in [0.25, 0.3) is 0 Å². The molecule has 0 heterocycles. The number of rotatable bonds is 3. The molecule has 5 nitrogen and oxygen atoms in total. The Morgan fingerprint density at radius 2 is 1.68 bits per heavy atom. The molecule has 5 heteroatoms. The third kappa shape index (κ3) is 3.64. The summed E-state index contributed by atoms with van der Waals surface area (Å²) in [5.74, 6) is 0.682. The SMILES string of the molecule is COc1cccc(NC(=O)Nc2cccc(N)c2)c1. The summed E-state index contributed by atoms with van der Waals surface area (Å²) in [6, 6.07) is 13.8. The molecule has 0 spiro atoms. The Kier molecular flexibility index (Phi) is 3.87. The summed E-state index contributed by atoms with van der Waals surface area (Å²) in [4.78, 5) is 11.8. The van der Waals surface area contributed by atoms with Crippen LogP contribution in [0.2, 0.25) is 0 Å². The Hall–Kier alpha value is -2.69. The molecule has 0 aliphatic rings. The van der Waals surface area contributed by atoms with E-state index in [4.69, 9.17) is 10.5 Å². The number of methoxy groups -OCH3 is 1. The Labute approximate surface area is 111 Å². The van der Waals surface area contributed by atoms with Gasteiger partial charge in [-0.3, -0.25) is 0 Å². The number of benzene rings is 2. The number of urea groups is 1. The third-order valence-corrected chi connectivity index (χ3v) is 2.47. The molecule has 0 saturated heterocycles. The van der Waals surface area contributed by atoms with Crippen molar-refractivity contribution < 1.29 is 9.53 Å². The molecule has 0 unspecified atom stereocenters. The van der Waals surface area contributed by atoms with Gasteiger partial charge < -0.3 is 21.1 Å². The average molecular weight is 257 g/mol. The minimum absolute atomic E-state index is 0.334. The minimum atomic E-state index is -0.334. The van der Waals surface area contributed by atoms with Gasteiger partial charge in [-0.25, -0.2) is 4.79 Å². The molecule has 2 rings (SSSR count). The van der Waals surface area contributed by atoms with E-state index >= 15 is 0 Å². The summed E-state index contributed by atoms with van der Waals surface area (Å²) in [6.45, 7) is 0. The molecule has 0 atom stereocenters. The number of ether oxygens (including phenoxy) is 1. The van der Waals surface area contributed by atoms with Crippen LogP contribution in [-0.2, 0) is 0 Å². The molecule has 4 N–H and O–H groups in total. The fourth-order valence-corrected chi connectivity index (χ4v) is 1.61. The number of amides is 2. The normalized spacial score (nSPS) is 9.74. The smallest absolute Gasteiger partial charge is 0.323 e. The predicted molar refractivity (Wildman–Crippen MR) is 76.5 cm³/mol. The maximum Gasteiger partial charge on any atom is 0.323 e. The summed E-state index contributed by atoms with van der Waals surface area (Å²) in [5, 5.41) is 5.41. The highest BCUT2D eigenvalue weighted by Crippen LogP contribution is 2.17. The van der Waals surface area contributed by atoms with E-state index in [0.29, 0.717) is 22.8 Å². The molecule has 0 bridgehead atoms. The fraction of sp³-hybridized carbons (Fsp3) is 0.0714. The van der Waals surface area contributed by atoms with Crippen molar-refractivity contribution in [3.63, 3.8) is 0 Å². The van der Waals surface area contributed by atoms with Crippen LogP contribution >= 0.6 is 0 Å². The second-order valence-corrected chi connectivity index (χ2v) is 3.94. The first-order valence-electron chi connectivity index (χ1n) is 5.75. The molecule has 0 aliphatic carbocycles. The van der Waals surface area contributed by atoms with Crippen molar-refractivity contribution in [2.24, 2.45) is 0 Å². The summed E-state index contributed by atoms with van der Waals surface area (Å²) < 4.78 is 5.08. The zero-order chi connectivity index (χ0) is 13.7.